The van der Waals surface area contributed by atoms with Crippen molar-refractivity contribution in [2.45, 2.75) is 6.10 Å². The van der Waals surface area contributed by atoms with E-state index in [0.29, 0.717) is 31.0 Å². The molecule has 0 bridgehead atoms. The summed E-state index contributed by atoms with van der Waals surface area (Å²) in [5.74, 6) is 1.60. The van der Waals surface area contributed by atoms with Crippen molar-refractivity contribution in [1.29, 1.82) is 0 Å². The van der Waals surface area contributed by atoms with Crippen molar-refractivity contribution >= 4 is 17.8 Å². The zero-order valence-corrected chi connectivity index (χ0v) is 12.1. The fourth-order valence-electron chi connectivity index (χ4n) is 1.36. The molecule has 1 aromatic heterocycles. The predicted octanol–water partition coefficient (Wildman–Crippen LogP) is 0.0526. The Labute approximate surface area is 113 Å². The second-order valence-corrected chi connectivity index (χ2v) is 4.12. The lowest BCUT2D eigenvalue weighted by atomic mass is 10.4. The summed E-state index contributed by atoms with van der Waals surface area (Å²) in [7, 11) is 8.80. The zero-order chi connectivity index (χ0) is 14.3. The highest BCUT2D eigenvalue weighted by Crippen LogP contribution is 2.11. The van der Waals surface area contributed by atoms with Crippen LogP contribution in [-0.2, 0) is 9.47 Å². The van der Waals surface area contributed by atoms with E-state index in [1.165, 1.54) is 0 Å². The highest BCUT2D eigenvalue weighted by molar-refractivity contribution is 5.42. The van der Waals surface area contributed by atoms with Gasteiger partial charge in [0.05, 0.1) is 12.7 Å². The Bertz CT molecular complexity index is 387. The largest absolute Gasteiger partial charge is 0.382 e. The number of nitrogens with one attached hydrogen (secondary N) is 2. The van der Waals surface area contributed by atoms with E-state index in [1.54, 1.807) is 21.3 Å². The molecule has 1 heterocycles. The second kappa shape index (κ2) is 7.70. The molecule has 0 aliphatic carbocycles. The van der Waals surface area contributed by atoms with Crippen molar-refractivity contribution in [2.24, 2.45) is 0 Å². The van der Waals surface area contributed by atoms with E-state index in [2.05, 4.69) is 25.6 Å². The maximum atomic E-state index is 5.26. The molecule has 8 nitrogen and oxygen atoms in total. The lowest BCUT2D eigenvalue weighted by Gasteiger charge is -2.16. The molecule has 1 atom stereocenters. The maximum Gasteiger partial charge on any atom is 0.231 e. The van der Waals surface area contributed by atoms with Crippen LogP contribution in [0.2, 0.25) is 0 Å². The smallest absolute Gasteiger partial charge is 0.231 e. The van der Waals surface area contributed by atoms with E-state index >= 15 is 0 Å². The minimum absolute atomic E-state index is 0.0531. The van der Waals surface area contributed by atoms with Crippen LogP contribution in [0.1, 0.15) is 0 Å². The molecule has 1 aromatic rings. The van der Waals surface area contributed by atoms with Crippen LogP contribution in [0, 0.1) is 0 Å². The Balaban J connectivity index is 2.73. The first-order valence-corrected chi connectivity index (χ1v) is 5.97. The molecule has 1 unspecified atom stereocenters. The topological polar surface area (TPSA) is 84.4 Å². The van der Waals surface area contributed by atoms with Crippen LogP contribution in [0.3, 0.4) is 0 Å². The Hall–Kier alpha value is -1.67. The number of methoxy groups -OCH3 is 2. The summed E-state index contributed by atoms with van der Waals surface area (Å²) in [6.07, 6.45) is -0.0531. The summed E-state index contributed by atoms with van der Waals surface area (Å²) in [5.41, 5.74) is 0. The molecule has 0 spiro atoms. The maximum absolute atomic E-state index is 5.26. The number of ether oxygens (including phenoxy) is 2. The Morgan fingerprint density at radius 2 is 1.84 bits per heavy atom. The zero-order valence-electron chi connectivity index (χ0n) is 12.1. The van der Waals surface area contributed by atoms with Crippen LogP contribution >= 0.6 is 0 Å². The summed E-state index contributed by atoms with van der Waals surface area (Å²) < 4.78 is 10.3. The van der Waals surface area contributed by atoms with Gasteiger partial charge in [0.1, 0.15) is 0 Å². The summed E-state index contributed by atoms with van der Waals surface area (Å²) in [4.78, 5) is 14.6. The third-order valence-electron chi connectivity index (χ3n) is 2.42. The van der Waals surface area contributed by atoms with Crippen LogP contribution < -0.4 is 15.5 Å². The fraction of sp³-hybridized carbons (Fsp3) is 0.727. The molecule has 0 aromatic carbocycles. The van der Waals surface area contributed by atoms with E-state index < -0.39 is 0 Å². The first-order valence-electron chi connectivity index (χ1n) is 5.97. The molecule has 0 fully saturated rings. The highest BCUT2D eigenvalue weighted by atomic mass is 16.5. The third kappa shape index (κ3) is 4.84. The molecule has 8 heteroatoms. The van der Waals surface area contributed by atoms with Gasteiger partial charge in [-0.15, -0.1) is 0 Å². The van der Waals surface area contributed by atoms with Gasteiger partial charge in [0.25, 0.3) is 0 Å². The van der Waals surface area contributed by atoms with Gasteiger partial charge in [0, 0.05) is 41.9 Å². The minimum Gasteiger partial charge on any atom is -0.382 e. The number of nitrogens with zero attached hydrogens (tertiary/aromatic N) is 4. The van der Waals surface area contributed by atoms with Crippen molar-refractivity contribution < 1.29 is 9.47 Å². The van der Waals surface area contributed by atoms with Gasteiger partial charge in [-0.1, -0.05) is 0 Å². The summed E-state index contributed by atoms with van der Waals surface area (Å²) >= 11 is 0. The molecule has 0 aliphatic rings. The average molecular weight is 270 g/mol. The van der Waals surface area contributed by atoms with Gasteiger partial charge >= 0.3 is 0 Å². The average Bonchev–Trinajstić information content (AvgIpc) is 2.42. The molecule has 0 saturated carbocycles. The number of hydrogen-bond donors (Lipinski definition) is 2. The highest BCUT2D eigenvalue weighted by Gasteiger charge is 2.10. The van der Waals surface area contributed by atoms with Crippen molar-refractivity contribution in [2.75, 3.05) is 64.0 Å². The Morgan fingerprint density at radius 3 is 2.37 bits per heavy atom. The molecule has 0 saturated heterocycles. The van der Waals surface area contributed by atoms with Gasteiger partial charge in [0.15, 0.2) is 0 Å². The molecule has 0 aliphatic heterocycles. The van der Waals surface area contributed by atoms with Crippen molar-refractivity contribution in [1.82, 2.24) is 15.0 Å². The molecule has 2 N–H and O–H groups in total. The first-order chi connectivity index (χ1) is 9.10. The van der Waals surface area contributed by atoms with Gasteiger partial charge in [0.2, 0.25) is 17.8 Å². The normalized spacial score (nSPS) is 12.1. The van der Waals surface area contributed by atoms with Crippen LogP contribution in [-0.4, -0.2) is 69.6 Å². The minimum atomic E-state index is -0.0531. The summed E-state index contributed by atoms with van der Waals surface area (Å²) in [6, 6.07) is 0. The molecule has 0 amide bonds. The summed E-state index contributed by atoms with van der Waals surface area (Å²) in [6.45, 7) is 1.07. The summed E-state index contributed by atoms with van der Waals surface area (Å²) in [5, 5.41) is 6.02. The molecule has 19 heavy (non-hydrogen) atoms. The van der Waals surface area contributed by atoms with Gasteiger partial charge < -0.3 is 25.0 Å². The van der Waals surface area contributed by atoms with Gasteiger partial charge in [-0.05, 0) is 0 Å². The van der Waals surface area contributed by atoms with Crippen molar-refractivity contribution in [3.8, 4) is 0 Å². The Kier molecular flexibility index (Phi) is 6.23. The van der Waals surface area contributed by atoms with Crippen molar-refractivity contribution in [3.63, 3.8) is 0 Å². The van der Waals surface area contributed by atoms with Gasteiger partial charge in [-0.25, -0.2) is 0 Å². The van der Waals surface area contributed by atoms with Gasteiger partial charge in [-0.3, -0.25) is 0 Å². The van der Waals surface area contributed by atoms with Crippen molar-refractivity contribution in [3.05, 3.63) is 0 Å². The number of aromatic nitrogens is 3. The molecule has 108 valence electrons. The van der Waals surface area contributed by atoms with E-state index in [4.69, 9.17) is 9.47 Å². The van der Waals surface area contributed by atoms with Crippen LogP contribution in [0.5, 0.6) is 0 Å². The van der Waals surface area contributed by atoms with Crippen LogP contribution in [0.25, 0.3) is 0 Å². The van der Waals surface area contributed by atoms with Gasteiger partial charge in [-0.2, -0.15) is 15.0 Å². The standard InChI is InChI=1S/C11H22N6O2/c1-12-9-14-10(16-11(15-9)17(2)3)13-6-8(19-5)7-18-4/h8H,6-7H2,1-5H3,(H2,12,13,14,15,16). The quantitative estimate of drug-likeness (QED) is 0.685. The monoisotopic (exact) mass is 270 g/mol. The van der Waals surface area contributed by atoms with E-state index in [9.17, 15) is 0 Å². The molecular formula is C11H22N6O2. The second-order valence-electron chi connectivity index (χ2n) is 4.12. The Morgan fingerprint density at radius 1 is 1.16 bits per heavy atom. The molecular weight excluding hydrogens is 248 g/mol. The lowest BCUT2D eigenvalue weighted by molar-refractivity contribution is 0.0365. The van der Waals surface area contributed by atoms with E-state index in [1.807, 2.05) is 19.0 Å². The SMILES string of the molecule is CNc1nc(NCC(COC)OC)nc(N(C)C)n1. The number of hydrogen-bond acceptors (Lipinski definition) is 8. The fourth-order valence-corrected chi connectivity index (χ4v) is 1.36. The van der Waals surface area contributed by atoms with Crippen LogP contribution in [0.4, 0.5) is 17.8 Å². The molecule has 1 rings (SSSR count). The predicted molar refractivity (Wildman–Crippen MR) is 74.9 cm³/mol. The van der Waals surface area contributed by atoms with E-state index in [0.717, 1.165) is 0 Å². The van der Waals surface area contributed by atoms with E-state index in [-0.39, 0.29) is 6.10 Å². The van der Waals surface area contributed by atoms with Crippen LogP contribution in [0.15, 0.2) is 0 Å². The number of anilines is 3. The first kappa shape index (κ1) is 15.4. The number of rotatable bonds is 8. The lowest BCUT2D eigenvalue weighted by Crippen LogP contribution is -2.27. The third-order valence-corrected chi connectivity index (χ3v) is 2.42. The molecule has 0 radical (unpaired) electrons.